The second-order valence-corrected chi connectivity index (χ2v) is 8.02. The van der Waals surface area contributed by atoms with Gasteiger partial charge in [-0.25, -0.2) is 17.9 Å². The fourth-order valence-corrected chi connectivity index (χ4v) is 4.13. The first-order valence-electron chi connectivity index (χ1n) is 5.95. The maximum absolute atomic E-state index is 13.1. The molecule has 1 fully saturated rings. The molecule has 1 aliphatic rings. The normalized spacial score (nSPS) is 18.8. The van der Waals surface area contributed by atoms with Gasteiger partial charge in [0.15, 0.2) is 0 Å². The van der Waals surface area contributed by atoms with E-state index >= 15 is 0 Å². The standard InChI is InChI=1S/C10H15FN4O4S2/c11-9-2-1-8(7-10(9)12)20(16,17)14-3-5-15(6-4-14)21(13,18)19/h1-2,7H,3-6,12H2,(H2,13,18,19). The van der Waals surface area contributed by atoms with Crippen molar-refractivity contribution in [3.63, 3.8) is 0 Å². The minimum Gasteiger partial charge on any atom is -0.396 e. The van der Waals surface area contributed by atoms with Crippen LogP contribution in [0.25, 0.3) is 0 Å². The zero-order valence-electron chi connectivity index (χ0n) is 10.9. The number of hydrogen-bond acceptors (Lipinski definition) is 5. The molecule has 118 valence electrons. The van der Waals surface area contributed by atoms with E-state index in [-0.39, 0.29) is 36.8 Å². The fraction of sp³-hybridized carbons (Fsp3) is 0.400. The van der Waals surface area contributed by atoms with Gasteiger partial charge in [-0.05, 0) is 18.2 Å². The third kappa shape index (κ3) is 3.32. The van der Waals surface area contributed by atoms with Crippen LogP contribution in [0.3, 0.4) is 0 Å². The summed E-state index contributed by atoms with van der Waals surface area (Å²) in [5.74, 6) is -0.701. The van der Waals surface area contributed by atoms with E-state index in [4.69, 9.17) is 10.9 Å². The Morgan fingerprint density at radius 1 is 1.00 bits per heavy atom. The summed E-state index contributed by atoms with van der Waals surface area (Å²) in [5, 5.41) is 4.98. The van der Waals surface area contributed by atoms with Gasteiger partial charge in [-0.1, -0.05) is 0 Å². The zero-order chi connectivity index (χ0) is 15.8. The molecule has 0 bridgehead atoms. The number of nitrogens with zero attached hydrogens (tertiary/aromatic N) is 2. The van der Waals surface area contributed by atoms with Crippen LogP contribution in [-0.2, 0) is 20.2 Å². The van der Waals surface area contributed by atoms with Gasteiger partial charge in [0.05, 0.1) is 10.6 Å². The number of benzene rings is 1. The molecule has 1 heterocycles. The van der Waals surface area contributed by atoms with Gasteiger partial charge >= 0.3 is 0 Å². The van der Waals surface area contributed by atoms with E-state index < -0.39 is 26.0 Å². The molecule has 8 nitrogen and oxygen atoms in total. The lowest BCUT2D eigenvalue weighted by Gasteiger charge is -2.32. The van der Waals surface area contributed by atoms with E-state index in [0.717, 1.165) is 26.8 Å². The van der Waals surface area contributed by atoms with Gasteiger partial charge < -0.3 is 5.73 Å². The Balaban J connectivity index is 2.20. The van der Waals surface area contributed by atoms with Crippen LogP contribution in [0.4, 0.5) is 10.1 Å². The Labute approximate surface area is 122 Å². The molecular weight excluding hydrogens is 323 g/mol. The van der Waals surface area contributed by atoms with Crippen LogP contribution in [0, 0.1) is 5.82 Å². The smallest absolute Gasteiger partial charge is 0.276 e. The van der Waals surface area contributed by atoms with E-state index in [1.54, 1.807) is 0 Å². The molecule has 1 aromatic carbocycles. The number of nitrogens with two attached hydrogens (primary N) is 2. The first-order valence-corrected chi connectivity index (χ1v) is 8.90. The summed E-state index contributed by atoms with van der Waals surface area (Å²) >= 11 is 0. The van der Waals surface area contributed by atoms with E-state index in [2.05, 4.69) is 0 Å². The van der Waals surface area contributed by atoms with Crippen LogP contribution < -0.4 is 10.9 Å². The van der Waals surface area contributed by atoms with Gasteiger partial charge in [0.2, 0.25) is 10.0 Å². The summed E-state index contributed by atoms with van der Waals surface area (Å²) in [6.45, 7) is -0.129. The molecule has 0 aromatic heterocycles. The molecule has 0 saturated carbocycles. The Hall–Kier alpha value is -1.27. The van der Waals surface area contributed by atoms with Gasteiger partial charge in [0.25, 0.3) is 10.2 Å². The average Bonchev–Trinajstić information content (AvgIpc) is 2.41. The van der Waals surface area contributed by atoms with E-state index in [9.17, 15) is 21.2 Å². The van der Waals surface area contributed by atoms with Crippen LogP contribution in [0.15, 0.2) is 23.1 Å². The summed E-state index contributed by atoms with van der Waals surface area (Å²) in [6, 6.07) is 3.13. The van der Waals surface area contributed by atoms with Crippen LogP contribution in [0.5, 0.6) is 0 Å². The van der Waals surface area contributed by atoms with E-state index in [1.165, 1.54) is 0 Å². The highest BCUT2D eigenvalue weighted by molar-refractivity contribution is 7.89. The second-order valence-electron chi connectivity index (χ2n) is 4.53. The van der Waals surface area contributed by atoms with Gasteiger partial charge in [0, 0.05) is 26.2 Å². The number of nitrogen functional groups attached to an aromatic ring is 1. The topological polar surface area (TPSA) is 127 Å². The second kappa shape index (κ2) is 5.50. The fourth-order valence-electron chi connectivity index (χ4n) is 2.00. The lowest BCUT2D eigenvalue weighted by molar-refractivity contribution is 0.273. The Bertz CT molecular complexity index is 742. The molecule has 0 unspecified atom stereocenters. The molecule has 0 aliphatic carbocycles. The molecule has 0 radical (unpaired) electrons. The van der Waals surface area contributed by atoms with Crippen LogP contribution in [-0.4, -0.2) is 51.6 Å². The quantitative estimate of drug-likeness (QED) is 0.678. The predicted octanol–water partition coefficient (Wildman–Crippen LogP) is -1.08. The average molecular weight is 338 g/mol. The summed E-state index contributed by atoms with van der Waals surface area (Å²) in [6.07, 6.45) is 0. The Kier molecular flexibility index (Phi) is 4.22. The summed E-state index contributed by atoms with van der Waals surface area (Å²) < 4.78 is 62.3. The van der Waals surface area contributed by atoms with E-state index in [1.807, 2.05) is 0 Å². The van der Waals surface area contributed by atoms with Crippen molar-refractivity contribution < 1.29 is 21.2 Å². The summed E-state index contributed by atoms with van der Waals surface area (Å²) in [5.41, 5.74) is 5.10. The maximum atomic E-state index is 13.1. The number of piperazine rings is 1. The highest BCUT2D eigenvalue weighted by Crippen LogP contribution is 2.21. The van der Waals surface area contributed by atoms with Crippen molar-refractivity contribution in [2.24, 2.45) is 5.14 Å². The van der Waals surface area contributed by atoms with Crippen molar-refractivity contribution in [3.8, 4) is 0 Å². The number of halogens is 1. The van der Waals surface area contributed by atoms with Gasteiger partial charge in [-0.2, -0.15) is 17.0 Å². The molecule has 0 spiro atoms. The van der Waals surface area contributed by atoms with Gasteiger partial charge in [-0.15, -0.1) is 0 Å². The first-order chi connectivity index (χ1) is 9.62. The summed E-state index contributed by atoms with van der Waals surface area (Å²) in [4.78, 5) is -0.134. The molecule has 4 N–H and O–H groups in total. The van der Waals surface area contributed by atoms with Crippen molar-refractivity contribution in [2.75, 3.05) is 31.9 Å². The van der Waals surface area contributed by atoms with Crippen LogP contribution in [0.2, 0.25) is 0 Å². The number of anilines is 1. The first kappa shape index (κ1) is 16.1. The largest absolute Gasteiger partial charge is 0.396 e. The predicted molar refractivity (Wildman–Crippen MR) is 74.3 cm³/mol. The maximum Gasteiger partial charge on any atom is 0.276 e. The van der Waals surface area contributed by atoms with Crippen molar-refractivity contribution in [2.45, 2.75) is 4.90 Å². The number of hydrogen-bond donors (Lipinski definition) is 2. The zero-order valence-corrected chi connectivity index (χ0v) is 12.6. The van der Waals surface area contributed by atoms with Crippen molar-refractivity contribution >= 4 is 25.9 Å². The molecule has 1 saturated heterocycles. The highest BCUT2D eigenvalue weighted by Gasteiger charge is 2.31. The van der Waals surface area contributed by atoms with Crippen molar-refractivity contribution in [3.05, 3.63) is 24.0 Å². The lowest BCUT2D eigenvalue weighted by atomic mass is 10.3. The van der Waals surface area contributed by atoms with Crippen molar-refractivity contribution in [1.29, 1.82) is 0 Å². The third-order valence-electron chi connectivity index (χ3n) is 3.16. The molecule has 21 heavy (non-hydrogen) atoms. The molecular formula is C10H15FN4O4S2. The third-order valence-corrected chi connectivity index (χ3v) is 6.14. The molecule has 2 rings (SSSR count). The van der Waals surface area contributed by atoms with Crippen LogP contribution in [0.1, 0.15) is 0 Å². The number of rotatable bonds is 3. The summed E-state index contributed by atoms with van der Waals surface area (Å²) in [7, 11) is -7.68. The molecule has 11 heteroatoms. The molecule has 1 aliphatic heterocycles. The van der Waals surface area contributed by atoms with Gasteiger partial charge in [0.1, 0.15) is 5.82 Å². The minimum absolute atomic E-state index is 0.0317. The van der Waals surface area contributed by atoms with E-state index in [0.29, 0.717) is 0 Å². The molecule has 0 atom stereocenters. The highest BCUT2D eigenvalue weighted by atomic mass is 32.2. The Morgan fingerprint density at radius 3 is 2.00 bits per heavy atom. The van der Waals surface area contributed by atoms with Gasteiger partial charge in [-0.3, -0.25) is 0 Å². The lowest BCUT2D eigenvalue weighted by Crippen LogP contribution is -2.52. The SMILES string of the molecule is Nc1cc(S(=O)(=O)N2CCN(S(N)(=O)=O)CC2)ccc1F. The number of sulfonamides is 1. The molecule has 1 aromatic rings. The molecule has 0 amide bonds. The minimum atomic E-state index is -3.85. The van der Waals surface area contributed by atoms with Crippen LogP contribution >= 0.6 is 0 Å². The van der Waals surface area contributed by atoms with Crippen molar-refractivity contribution in [1.82, 2.24) is 8.61 Å². The monoisotopic (exact) mass is 338 g/mol. The Morgan fingerprint density at radius 2 is 1.52 bits per heavy atom.